The van der Waals surface area contributed by atoms with E-state index in [4.69, 9.17) is 4.74 Å². The Morgan fingerprint density at radius 1 is 1.16 bits per heavy atom. The number of amides is 1. The molecule has 1 aromatic carbocycles. The highest BCUT2D eigenvalue weighted by atomic mass is 32.1. The van der Waals surface area contributed by atoms with Crippen molar-refractivity contribution < 1.29 is 14.3 Å². The molecule has 0 saturated carbocycles. The predicted molar refractivity (Wildman–Crippen MR) is 74.8 cm³/mol. The molecule has 1 amide bonds. The summed E-state index contributed by atoms with van der Waals surface area (Å²) in [5, 5.41) is 4.50. The lowest BCUT2D eigenvalue weighted by Crippen LogP contribution is -2.08. The van der Waals surface area contributed by atoms with Crippen molar-refractivity contribution in [3.8, 4) is 5.75 Å². The van der Waals surface area contributed by atoms with Gasteiger partial charge in [0.2, 0.25) is 5.91 Å². The fourth-order valence-corrected chi connectivity index (χ4v) is 2.34. The van der Waals surface area contributed by atoms with Crippen LogP contribution in [-0.4, -0.2) is 11.9 Å². The number of benzene rings is 1. The first kappa shape index (κ1) is 13.3. The molecule has 0 aliphatic carbocycles. The maximum atomic E-state index is 11.9. The molecule has 0 spiro atoms. The number of anilines is 1. The summed E-state index contributed by atoms with van der Waals surface area (Å²) < 4.78 is 5.26. The second kappa shape index (κ2) is 5.67. The van der Waals surface area contributed by atoms with Crippen LogP contribution in [0.25, 0.3) is 0 Å². The second-order valence-electron chi connectivity index (χ2n) is 4.03. The van der Waals surface area contributed by atoms with Crippen molar-refractivity contribution >= 4 is 28.9 Å². The number of carbonyl (C=O) groups excluding carboxylic acids is 2. The quantitative estimate of drug-likeness (QED) is 0.691. The van der Waals surface area contributed by atoms with E-state index in [2.05, 4.69) is 5.32 Å². The Balaban J connectivity index is 2.06. The van der Waals surface area contributed by atoms with Gasteiger partial charge in [0, 0.05) is 12.6 Å². The Labute approximate surface area is 115 Å². The normalized spacial score (nSPS) is 10.0. The first-order valence-electron chi connectivity index (χ1n) is 5.70. The first-order chi connectivity index (χ1) is 9.06. The molecule has 0 aliphatic heterocycles. The van der Waals surface area contributed by atoms with Crippen LogP contribution in [0.3, 0.4) is 0 Å². The average Bonchev–Trinajstić information content (AvgIpc) is 2.77. The zero-order valence-electron chi connectivity index (χ0n) is 10.6. The Morgan fingerprint density at radius 2 is 1.84 bits per heavy atom. The summed E-state index contributed by atoms with van der Waals surface area (Å²) in [6.45, 7) is 3.31. The molecule has 1 heterocycles. The number of thiophene rings is 1. The van der Waals surface area contributed by atoms with Crippen molar-refractivity contribution in [1.82, 2.24) is 0 Å². The second-order valence-corrected chi connectivity index (χ2v) is 4.94. The van der Waals surface area contributed by atoms with Crippen LogP contribution in [0.5, 0.6) is 5.75 Å². The van der Waals surface area contributed by atoms with E-state index >= 15 is 0 Å². The molecule has 19 heavy (non-hydrogen) atoms. The van der Waals surface area contributed by atoms with E-state index in [1.807, 2.05) is 18.4 Å². The summed E-state index contributed by atoms with van der Waals surface area (Å²) >= 11 is 1.36. The van der Waals surface area contributed by atoms with Crippen LogP contribution in [0.2, 0.25) is 0 Å². The van der Waals surface area contributed by atoms with Crippen molar-refractivity contribution in [2.45, 2.75) is 13.8 Å². The number of hydrogen-bond acceptors (Lipinski definition) is 4. The molecule has 0 fully saturated rings. The van der Waals surface area contributed by atoms with Crippen LogP contribution in [0.15, 0.2) is 35.7 Å². The third-order valence-corrected chi connectivity index (χ3v) is 3.43. The molecule has 0 radical (unpaired) electrons. The van der Waals surface area contributed by atoms with Crippen LogP contribution in [-0.2, 0) is 4.79 Å². The Morgan fingerprint density at radius 3 is 2.37 bits per heavy atom. The summed E-state index contributed by atoms with van der Waals surface area (Å²) in [5.74, 6) is -0.0503. The van der Waals surface area contributed by atoms with Gasteiger partial charge in [0.1, 0.15) is 10.6 Å². The SMILES string of the molecule is CC(=O)Nc1ccc(OC(=O)c2sccc2C)cc1. The lowest BCUT2D eigenvalue weighted by atomic mass is 10.3. The number of aryl methyl sites for hydroxylation is 1. The molecular weight excluding hydrogens is 262 g/mol. The number of hydrogen-bond donors (Lipinski definition) is 1. The monoisotopic (exact) mass is 275 g/mol. The van der Waals surface area contributed by atoms with Gasteiger partial charge in [-0.2, -0.15) is 0 Å². The number of ether oxygens (including phenoxy) is 1. The van der Waals surface area contributed by atoms with Gasteiger partial charge in [-0.05, 0) is 48.2 Å². The van der Waals surface area contributed by atoms with Gasteiger partial charge < -0.3 is 10.1 Å². The van der Waals surface area contributed by atoms with Crippen molar-refractivity contribution in [1.29, 1.82) is 0 Å². The van der Waals surface area contributed by atoms with E-state index in [1.165, 1.54) is 18.3 Å². The van der Waals surface area contributed by atoms with Gasteiger partial charge in [-0.25, -0.2) is 4.79 Å². The lowest BCUT2D eigenvalue weighted by molar-refractivity contribution is -0.114. The molecule has 2 aromatic rings. The van der Waals surface area contributed by atoms with Crippen molar-refractivity contribution in [3.05, 3.63) is 46.2 Å². The van der Waals surface area contributed by atoms with Gasteiger partial charge in [0.05, 0.1) is 0 Å². The number of nitrogens with one attached hydrogen (secondary N) is 1. The average molecular weight is 275 g/mol. The fourth-order valence-electron chi connectivity index (χ4n) is 1.54. The molecule has 0 aliphatic rings. The number of carbonyl (C=O) groups is 2. The molecule has 0 unspecified atom stereocenters. The van der Waals surface area contributed by atoms with Gasteiger partial charge in [-0.3, -0.25) is 4.79 Å². The Kier molecular flexibility index (Phi) is 3.97. The Bertz CT molecular complexity index is 601. The third-order valence-electron chi connectivity index (χ3n) is 2.43. The fraction of sp³-hybridized carbons (Fsp3) is 0.143. The van der Waals surface area contributed by atoms with E-state index in [-0.39, 0.29) is 11.9 Å². The standard InChI is InChI=1S/C14H13NO3S/c1-9-7-8-19-13(9)14(17)18-12-5-3-11(4-6-12)15-10(2)16/h3-8H,1-2H3,(H,15,16). The van der Waals surface area contributed by atoms with Crippen LogP contribution < -0.4 is 10.1 Å². The highest BCUT2D eigenvalue weighted by Crippen LogP contribution is 2.20. The summed E-state index contributed by atoms with van der Waals surface area (Å²) in [4.78, 5) is 23.4. The van der Waals surface area contributed by atoms with Crippen molar-refractivity contribution in [2.75, 3.05) is 5.32 Å². The molecule has 5 heteroatoms. The minimum Gasteiger partial charge on any atom is -0.422 e. The molecule has 1 aromatic heterocycles. The van der Waals surface area contributed by atoms with E-state index < -0.39 is 0 Å². The minimum absolute atomic E-state index is 0.140. The molecule has 0 bridgehead atoms. The third kappa shape index (κ3) is 3.42. The maximum Gasteiger partial charge on any atom is 0.353 e. The topological polar surface area (TPSA) is 55.4 Å². The summed E-state index contributed by atoms with van der Waals surface area (Å²) in [6.07, 6.45) is 0. The molecular formula is C14H13NO3S. The Hall–Kier alpha value is -2.14. The number of esters is 1. The van der Waals surface area contributed by atoms with E-state index in [0.717, 1.165) is 5.56 Å². The summed E-state index contributed by atoms with van der Waals surface area (Å²) in [5.41, 5.74) is 1.57. The van der Waals surface area contributed by atoms with Gasteiger partial charge in [0.25, 0.3) is 0 Å². The van der Waals surface area contributed by atoms with Crippen LogP contribution in [0.1, 0.15) is 22.2 Å². The minimum atomic E-state index is -0.361. The van der Waals surface area contributed by atoms with Crippen LogP contribution >= 0.6 is 11.3 Å². The van der Waals surface area contributed by atoms with Gasteiger partial charge in [-0.15, -0.1) is 11.3 Å². The molecule has 98 valence electrons. The molecule has 4 nitrogen and oxygen atoms in total. The smallest absolute Gasteiger partial charge is 0.353 e. The van der Waals surface area contributed by atoms with E-state index in [9.17, 15) is 9.59 Å². The first-order valence-corrected chi connectivity index (χ1v) is 6.58. The van der Waals surface area contributed by atoms with E-state index in [0.29, 0.717) is 16.3 Å². The zero-order valence-corrected chi connectivity index (χ0v) is 11.4. The van der Waals surface area contributed by atoms with Crippen LogP contribution in [0.4, 0.5) is 5.69 Å². The highest BCUT2D eigenvalue weighted by molar-refractivity contribution is 7.12. The molecule has 2 rings (SSSR count). The highest BCUT2D eigenvalue weighted by Gasteiger charge is 2.12. The molecule has 0 atom stereocenters. The van der Waals surface area contributed by atoms with E-state index in [1.54, 1.807) is 24.3 Å². The maximum absolute atomic E-state index is 11.9. The summed E-state index contributed by atoms with van der Waals surface area (Å²) in [7, 11) is 0. The zero-order chi connectivity index (χ0) is 13.8. The van der Waals surface area contributed by atoms with Gasteiger partial charge in [0.15, 0.2) is 0 Å². The van der Waals surface area contributed by atoms with Crippen molar-refractivity contribution in [2.24, 2.45) is 0 Å². The number of rotatable bonds is 3. The lowest BCUT2D eigenvalue weighted by Gasteiger charge is -2.05. The van der Waals surface area contributed by atoms with Crippen LogP contribution in [0, 0.1) is 6.92 Å². The van der Waals surface area contributed by atoms with Crippen molar-refractivity contribution in [3.63, 3.8) is 0 Å². The molecule has 0 saturated heterocycles. The van der Waals surface area contributed by atoms with Gasteiger partial charge in [-0.1, -0.05) is 0 Å². The van der Waals surface area contributed by atoms with Gasteiger partial charge >= 0.3 is 5.97 Å². The largest absolute Gasteiger partial charge is 0.422 e. The molecule has 1 N–H and O–H groups in total. The summed E-state index contributed by atoms with van der Waals surface area (Å²) in [6, 6.07) is 8.54. The predicted octanol–water partition coefficient (Wildman–Crippen LogP) is 3.23.